The molecule has 0 atom stereocenters. The third-order valence-corrected chi connectivity index (χ3v) is 2.63. The highest BCUT2D eigenvalue weighted by molar-refractivity contribution is 5.85. The molecule has 0 bridgehead atoms. The van der Waals surface area contributed by atoms with E-state index < -0.39 is 5.97 Å². The molecule has 98 valence electrons. The quantitative estimate of drug-likeness (QED) is 0.883. The van der Waals surface area contributed by atoms with Gasteiger partial charge in [-0.05, 0) is 18.2 Å². The maximum atomic E-state index is 10.7. The van der Waals surface area contributed by atoms with Gasteiger partial charge in [-0.1, -0.05) is 0 Å². The fourth-order valence-corrected chi connectivity index (χ4v) is 1.78. The van der Waals surface area contributed by atoms with E-state index in [0.29, 0.717) is 30.6 Å². The maximum absolute atomic E-state index is 10.7. The Balaban J connectivity index is 1.80. The predicted octanol–water partition coefficient (Wildman–Crippen LogP) is 2.49. The number of nitrogens with one attached hydrogen (secondary N) is 1. The summed E-state index contributed by atoms with van der Waals surface area (Å²) in [6, 6.07) is 8.31. The molecule has 6 heteroatoms. The summed E-state index contributed by atoms with van der Waals surface area (Å²) in [6.45, 7) is 1.06. The van der Waals surface area contributed by atoms with Gasteiger partial charge >= 0.3 is 5.97 Å². The van der Waals surface area contributed by atoms with E-state index in [1.807, 2.05) is 0 Å². The number of carbonyl (C=O) groups is 1. The molecule has 0 unspecified atom stereocenters. The zero-order chi connectivity index (χ0) is 13.2. The number of carboxylic acid groups (broad SMARTS) is 1. The number of hydrogen-bond acceptors (Lipinski definition) is 5. The molecule has 0 saturated carbocycles. The Morgan fingerprint density at radius 3 is 2.63 bits per heavy atom. The van der Waals surface area contributed by atoms with Gasteiger partial charge in [0.25, 0.3) is 0 Å². The number of fused-ring (bicyclic) bond motifs is 1. The van der Waals surface area contributed by atoms with Crippen LogP contribution in [-0.4, -0.2) is 24.3 Å². The monoisotopic (exact) mass is 261 g/mol. The van der Waals surface area contributed by atoms with Crippen molar-refractivity contribution < 1.29 is 23.8 Å². The molecule has 1 aliphatic rings. The molecule has 1 aromatic heterocycles. The Morgan fingerprint density at radius 1 is 1.11 bits per heavy atom. The van der Waals surface area contributed by atoms with Gasteiger partial charge in [0.05, 0.1) is 0 Å². The van der Waals surface area contributed by atoms with Crippen LogP contribution >= 0.6 is 0 Å². The lowest BCUT2D eigenvalue weighted by atomic mass is 10.2. The van der Waals surface area contributed by atoms with Gasteiger partial charge in [0.15, 0.2) is 17.4 Å². The SMILES string of the molecule is O=C(O)c1ccc(Nc2ccc3c(c2)OCCO3)o1. The van der Waals surface area contributed by atoms with Crippen LogP contribution in [0.3, 0.4) is 0 Å². The summed E-state index contributed by atoms with van der Waals surface area (Å²) in [7, 11) is 0. The van der Waals surface area contributed by atoms with Crippen LogP contribution in [0.25, 0.3) is 0 Å². The number of carboxylic acids is 1. The van der Waals surface area contributed by atoms with Gasteiger partial charge in [0.2, 0.25) is 5.76 Å². The van der Waals surface area contributed by atoms with E-state index in [-0.39, 0.29) is 5.76 Å². The van der Waals surface area contributed by atoms with Gasteiger partial charge in [-0.25, -0.2) is 4.79 Å². The molecule has 0 saturated heterocycles. The van der Waals surface area contributed by atoms with Crippen molar-refractivity contribution in [2.45, 2.75) is 0 Å². The highest BCUT2D eigenvalue weighted by Gasteiger charge is 2.13. The minimum Gasteiger partial charge on any atom is -0.486 e. The van der Waals surface area contributed by atoms with E-state index in [4.69, 9.17) is 19.0 Å². The van der Waals surface area contributed by atoms with Crippen LogP contribution in [-0.2, 0) is 0 Å². The normalized spacial score (nSPS) is 13.1. The average molecular weight is 261 g/mol. The van der Waals surface area contributed by atoms with Crippen molar-refractivity contribution in [3.8, 4) is 11.5 Å². The first-order valence-corrected chi connectivity index (χ1v) is 5.72. The van der Waals surface area contributed by atoms with Crippen molar-refractivity contribution in [3.05, 3.63) is 36.1 Å². The number of aromatic carboxylic acids is 1. The summed E-state index contributed by atoms with van der Waals surface area (Å²) in [5.41, 5.74) is 0.732. The minimum atomic E-state index is -1.10. The second-order valence-corrected chi connectivity index (χ2v) is 3.95. The molecule has 1 aliphatic heterocycles. The van der Waals surface area contributed by atoms with Gasteiger partial charge < -0.3 is 24.3 Å². The smallest absolute Gasteiger partial charge is 0.371 e. The van der Waals surface area contributed by atoms with E-state index in [1.165, 1.54) is 6.07 Å². The Labute approximate surface area is 108 Å². The van der Waals surface area contributed by atoms with Crippen molar-refractivity contribution >= 4 is 17.5 Å². The average Bonchev–Trinajstić information content (AvgIpc) is 2.87. The van der Waals surface area contributed by atoms with Crippen LogP contribution in [0.4, 0.5) is 11.6 Å². The number of furan rings is 1. The second-order valence-electron chi connectivity index (χ2n) is 3.95. The predicted molar refractivity (Wildman–Crippen MR) is 66.4 cm³/mol. The molecule has 2 N–H and O–H groups in total. The van der Waals surface area contributed by atoms with Gasteiger partial charge in [-0.3, -0.25) is 0 Å². The Bertz CT molecular complexity index is 619. The van der Waals surface area contributed by atoms with Gasteiger partial charge in [0, 0.05) is 17.8 Å². The maximum Gasteiger partial charge on any atom is 0.371 e. The van der Waals surface area contributed by atoms with E-state index in [9.17, 15) is 4.79 Å². The molecule has 6 nitrogen and oxygen atoms in total. The molecule has 0 aliphatic carbocycles. The van der Waals surface area contributed by atoms with Crippen LogP contribution < -0.4 is 14.8 Å². The number of rotatable bonds is 3. The highest BCUT2D eigenvalue weighted by atomic mass is 16.6. The third kappa shape index (κ3) is 2.33. The Kier molecular flexibility index (Phi) is 2.75. The van der Waals surface area contributed by atoms with Crippen LogP contribution in [0.1, 0.15) is 10.6 Å². The minimum absolute atomic E-state index is 0.111. The lowest BCUT2D eigenvalue weighted by Crippen LogP contribution is -2.15. The molecule has 3 rings (SSSR count). The molecular weight excluding hydrogens is 250 g/mol. The molecule has 0 spiro atoms. The lowest BCUT2D eigenvalue weighted by molar-refractivity contribution is 0.0663. The summed E-state index contributed by atoms with van der Waals surface area (Å²) >= 11 is 0. The second kappa shape index (κ2) is 4.56. The van der Waals surface area contributed by atoms with Crippen LogP contribution in [0.15, 0.2) is 34.7 Å². The zero-order valence-electron chi connectivity index (χ0n) is 9.88. The molecule has 0 fully saturated rings. The van der Waals surface area contributed by atoms with E-state index in [2.05, 4.69) is 5.32 Å². The first-order chi connectivity index (χ1) is 9.22. The largest absolute Gasteiger partial charge is 0.486 e. The topological polar surface area (TPSA) is 80.9 Å². The fourth-order valence-electron chi connectivity index (χ4n) is 1.78. The molecule has 19 heavy (non-hydrogen) atoms. The van der Waals surface area contributed by atoms with Crippen LogP contribution in [0.5, 0.6) is 11.5 Å². The number of anilines is 2. The van der Waals surface area contributed by atoms with Crippen molar-refractivity contribution in [1.29, 1.82) is 0 Å². The first-order valence-electron chi connectivity index (χ1n) is 5.72. The summed E-state index contributed by atoms with van der Waals surface area (Å²) < 4.78 is 16.0. The Morgan fingerprint density at radius 2 is 1.89 bits per heavy atom. The summed E-state index contributed by atoms with van der Waals surface area (Å²) in [6.07, 6.45) is 0. The summed E-state index contributed by atoms with van der Waals surface area (Å²) in [5, 5.41) is 11.7. The van der Waals surface area contributed by atoms with Crippen molar-refractivity contribution in [2.75, 3.05) is 18.5 Å². The third-order valence-electron chi connectivity index (χ3n) is 2.63. The van der Waals surface area contributed by atoms with Crippen LogP contribution in [0.2, 0.25) is 0 Å². The number of ether oxygens (including phenoxy) is 2. The van der Waals surface area contributed by atoms with Crippen molar-refractivity contribution in [3.63, 3.8) is 0 Å². The molecule has 2 aromatic rings. The van der Waals surface area contributed by atoms with Gasteiger partial charge in [-0.2, -0.15) is 0 Å². The van der Waals surface area contributed by atoms with E-state index >= 15 is 0 Å². The van der Waals surface area contributed by atoms with E-state index in [1.54, 1.807) is 24.3 Å². The highest BCUT2D eigenvalue weighted by Crippen LogP contribution is 2.33. The summed E-state index contributed by atoms with van der Waals surface area (Å²) in [5.74, 6) is 0.494. The molecule has 0 radical (unpaired) electrons. The molecule has 2 heterocycles. The van der Waals surface area contributed by atoms with E-state index in [0.717, 1.165) is 5.69 Å². The molecule has 0 amide bonds. The zero-order valence-corrected chi connectivity index (χ0v) is 9.88. The number of benzene rings is 1. The molecule has 1 aromatic carbocycles. The van der Waals surface area contributed by atoms with Gasteiger partial charge in [-0.15, -0.1) is 0 Å². The summed E-state index contributed by atoms with van der Waals surface area (Å²) in [4.78, 5) is 10.7. The Hall–Kier alpha value is -2.63. The molecular formula is C13H11NO5. The standard InChI is InChI=1S/C13H11NO5/c15-13(16)10-3-4-12(19-10)14-8-1-2-9-11(7-8)18-6-5-17-9/h1-4,7,14H,5-6H2,(H,15,16). The van der Waals surface area contributed by atoms with Crippen molar-refractivity contribution in [1.82, 2.24) is 0 Å². The van der Waals surface area contributed by atoms with Crippen molar-refractivity contribution in [2.24, 2.45) is 0 Å². The first kappa shape index (κ1) is 11.5. The lowest BCUT2D eigenvalue weighted by Gasteiger charge is -2.18. The number of hydrogen-bond donors (Lipinski definition) is 2. The van der Waals surface area contributed by atoms with Gasteiger partial charge in [0.1, 0.15) is 13.2 Å². The fraction of sp³-hybridized carbons (Fsp3) is 0.154. The van der Waals surface area contributed by atoms with Crippen LogP contribution in [0, 0.1) is 0 Å².